The topological polar surface area (TPSA) is 64.8 Å². The van der Waals surface area contributed by atoms with Crippen LogP contribution >= 0.6 is 22.9 Å². The molecule has 1 saturated heterocycles. The van der Waals surface area contributed by atoms with Crippen LogP contribution in [0.4, 0.5) is 5.13 Å². The van der Waals surface area contributed by atoms with Crippen LogP contribution in [0.5, 0.6) is 0 Å². The van der Waals surface area contributed by atoms with Crippen LogP contribution in [-0.2, 0) is 15.9 Å². The summed E-state index contributed by atoms with van der Waals surface area (Å²) in [5, 5.41) is 0.828. The Balaban J connectivity index is 1.91. The summed E-state index contributed by atoms with van der Waals surface area (Å²) in [5.41, 5.74) is 0. The smallest absolute Gasteiger partial charge is 0.351 e. The molecule has 23 heavy (non-hydrogen) atoms. The molecule has 8 heteroatoms. The number of nitrogens with zero attached hydrogens (tertiary/aromatic N) is 2. The molecule has 124 valence electrons. The lowest BCUT2D eigenvalue weighted by atomic mass is 10.2. The van der Waals surface area contributed by atoms with Crippen molar-refractivity contribution >= 4 is 34.0 Å². The number of carbonyl (C=O) groups excluding carboxylic acids is 1. The number of hydrogen-bond acceptors (Lipinski definition) is 7. The number of thiazole rings is 1. The molecule has 6 nitrogen and oxygen atoms in total. The maximum atomic E-state index is 11.7. The third kappa shape index (κ3) is 3.22. The summed E-state index contributed by atoms with van der Waals surface area (Å²) in [7, 11) is 1.32. The Morgan fingerprint density at radius 2 is 2.39 bits per heavy atom. The third-order valence-electron chi connectivity index (χ3n) is 3.68. The predicted molar refractivity (Wildman–Crippen MR) is 87.5 cm³/mol. The van der Waals surface area contributed by atoms with Gasteiger partial charge in [0.05, 0.1) is 20.3 Å². The van der Waals surface area contributed by atoms with Gasteiger partial charge in [-0.2, -0.15) is 0 Å². The van der Waals surface area contributed by atoms with Gasteiger partial charge < -0.3 is 18.8 Å². The monoisotopic (exact) mass is 356 g/mol. The van der Waals surface area contributed by atoms with E-state index in [1.54, 1.807) is 0 Å². The highest BCUT2D eigenvalue weighted by Crippen LogP contribution is 2.36. The number of esters is 1. The van der Waals surface area contributed by atoms with Gasteiger partial charge in [-0.1, -0.05) is 29.9 Å². The maximum Gasteiger partial charge on any atom is 0.351 e. The van der Waals surface area contributed by atoms with Crippen molar-refractivity contribution in [2.24, 2.45) is 0 Å². The number of methoxy groups -OCH3 is 1. The molecule has 0 saturated carbocycles. The first kappa shape index (κ1) is 16.3. The normalized spacial score (nSPS) is 18.2. The van der Waals surface area contributed by atoms with E-state index in [9.17, 15) is 4.79 Å². The number of ether oxygens (including phenoxy) is 2. The van der Waals surface area contributed by atoms with E-state index in [1.165, 1.54) is 18.4 Å². The number of aromatic nitrogens is 1. The highest BCUT2D eigenvalue weighted by molar-refractivity contribution is 7.18. The fourth-order valence-electron chi connectivity index (χ4n) is 2.46. The van der Waals surface area contributed by atoms with Crippen LogP contribution in [0.25, 0.3) is 0 Å². The molecule has 2 aromatic rings. The second-order valence-electron chi connectivity index (χ2n) is 5.05. The lowest BCUT2D eigenvalue weighted by molar-refractivity contribution is 0.0606. The average Bonchev–Trinajstić information content (AvgIpc) is 3.20. The van der Waals surface area contributed by atoms with Gasteiger partial charge in [0.25, 0.3) is 0 Å². The first-order valence-electron chi connectivity index (χ1n) is 7.31. The zero-order chi connectivity index (χ0) is 16.4. The molecule has 0 aliphatic carbocycles. The summed E-state index contributed by atoms with van der Waals surface area (Å²) >= 11 is 7.30. The van der Waals surface area contributed by atoms with Gasteiger partial charge in [-0.15, -0.1) is 0 Å². The fraction of sp³-hybridized carbons (Fsp3) is 0.467. The Morgan fingerprint density at radius 1 is 1.57 bits per heavy atom. The summed E-state index contributed by atoms with van der Waals surface area (Å²) < 4.78 is 16.2. The van der Waals surface area contributed by atoms with E-state index in [2.05, 4.69) is 9.88 Å². The molecule has 1 aliphatic rings. The van der Waals surface area contributed by atoms with E-state index in [0.29, 0.717) is 29.8 Å². The standard InChI is InChI=1S/C15H17ClN2O4S/c1-3-9-4-5-11(22-9)10-8-21-7-6-18(10)15-17-13(16)12(23-15)14(19)20-2/h4-5,10H,3,6-8H2,1-2H3. The van der Waals surface area contributed by atoms with Gasteiger partial charge in [0.2, 0.25) is 0 Å². The number of halogens is 1. The van der Waals surface area contributed by atoms with Gasteiger partial charge in [-0.3, -0.25) is 0 Å². The van der Waals surface area contributed by atoms with E-state index < -0.39 is 5.97 Å². The lowest BCUT2D eigenvalue weighted by Gasteiger charge is -2.34. The zero-order valence-electron chi connectivity index (χ0n) is 12.9. The van der Waals surface area contributed by atoms with Crippen molar-refractivity contribution in [3.63, 3.8) is 0 Å². The number of aryl methyl sites for hydroxylation is 1. The summed E-state index contributed by atoms with van der Waals surface area (Å²) in [6, 6.07) is 3.84. The Morgan fingerprint density at radius 3 is 3.09 bits per heavy atom. The summed E-state index contributed by atoms with van der Waals surface area (Å²) in [4.78, 5) is 18.4. The van der Waals surface area contributed by atoms with E-state index >= 15 is 0 Å². The first-order chi connectivity index (χ1) is 11.1. The molecule has 0 bridgehead atoms. The molecule has 0 N–H and O–H groups in total. The fourth-order valence-corrected chi connectivity index (χ4v) is 3.74. The van der Waals surface area contributed by atoms with Crippen molar-refractivity contribution in [2.75, 3.05) is 31.8 Å². The number of furan rings is 1. The van der Waals surface area contributed by atoms with Crippen LogP contribution in [0.15, 0.2) is 16.5 Å². The molecule has 1 aliphatic heterocycles. The zero-order valence-corrected chi connectivity index (χ0v) is 14.4. The Hall–Kier alpha value is -1.57. The van der Waals surface area contributed by atoms with Crippen LogP contribution in [0, 0.1) is 0 Å². The number of anilines is 1. The molecule has 0 amide bonds. The molecule has 0 radical (unpaired) electrons. The van der Waals surface area contributed by atoms with E-state index in [-0.39, 0.29) is 11.2 Å². The Bertz CT molecular complexity index is 699. The molecule has 0 aromatic carbocycles. The number of rotatable bonds is 4. The van der Waals surface area contributed by atoms with Crippen molar-refractivity contribution in [3.8, 4) is 0 Å². The molecular formula is C15H17ClN2O4S. The van der Waals surface area contributed by atoms with Gasteiger partial charge in [0, 0.05) is 13.0 Å². The summed E-state index contributed by atoms with van der Waals surface area (Å²) in [6.07, 6.45) is 0.836. The van der Waals surface area contributed by atoms with E-state index in [1.807, 2.05) is 19.1 Å². The van der Waals surface area contributed by atoms with Crippen molar-refractivity contribution in [3.05, 3.63) is 33.7 Å². The highest BCUT2D eigenvalue weighted by atomic mass is 35.5. The second-order valence-corrected chi connectivity index (χ2v) is 6.39. The lowest BCUT2D eigenvalue weighted by Crippen LogP contribution is -2.39. The van der Waals surface area contributed by atoms with Gasteiger partial charge in [0.1, 0.15) is 17.6 Å². The van der Waals surface area contributed by atoms with E-state index in [0.717, 1.165) is 17.9 Å². The minimum absolute atomic E-state index is 0.0863. The minimum atomic E-state index is -0.477. The van der Waals surface area contributed by atoms with Gasteiger partial charge in [0.15, 0.2) is 15.2 Å². The van der Waals surface area contributed by atoms with Crippen molar-refractivity contribution in [1.82, 2.24) is 4.98 Å². The molecule has 1 unspecified atom stereocenters. The quantitative estimate of drug-likeness (QED) is 0.783. The molecule has 1 atom stereocenters. The van der Waals surface area contributed by atoms with Crippen LogP contribution in [0.2, 0.25) is 5.15 Å². The van der Waals surface area contributed by atoms with Gasteiger partial charge in [-0.05, 0) is 12.1 Å². The Kier molecular flexibility index (Phi) is 4.89. The summed E-state index contributed by atoms with van der Waals surface area (Å²) in [6.45, 7) is 3.78. The largest absolute Gasteiger partial charge is 0.465 e. The minimum Gasteiger partial charge on any atom is -0.465 e. The Labute approximate surface area is 143 Å². The van der Waals surface area contributed by atoms with Crippen molar-refractivity contribution in [2.45, 2.75) is 19.4 Å². The molecule has 0 spiro atoms. The SMILES string of the molecule is CCc1ccc(C2COCCN2c2nc(Cl)c(C(=O)OC)s2)o1. The first-order valence-corrected chi connectivity index (χ1v) is 8.51. The van der Waals surface area contributed by atoms with Crippen molar-refractivity contribution in [1.29, 1.82) is 0 Å². The molecule has 1 fully saturated rings. The average molecular weight is 357 g/mol. The molecule has 2 aromatic heterocycles. The molecular weight excluding hydrogens is 340 g/mol. The van der Waals surface area contributed by atoms with Gasteiger partial charge >= 0.3 is 5.97 Å². The van der Waals surface area contributed by atoms with Crippen LogP contribution in [-0.4, -0.2) is 37.8 Å². The summed E-state index contributed by atoms with van der Waals surface area (Å²) in [5.74, 6) is 1.28. The molecule has 3 heterocycles. The predicted octanol–water partition coefficient (Wildman–Crippen LogP) is 3.32. The van der Waals surface area contributed by atoms with Crippen LogP contribution < -0.4 is 4.90 Å². The second kappa shape index (κ2) is 6.90. The number of carbonyl (C=O) groups is 1. The number of morpholine rings is 1. The van der Waals surface area contributed by atoms with Crippen molar-refractivity contribution < 1.29 is 18.7 Å². The molecule has 3 rings (SSSR count). The number of hydrogen-bond donors (Lipinski definition) is 0. The third-order valence-corrected chi connectivity index (χ3v) is 5.14. The van der Waals surface area contributed by atoms with E-state index in [4.69, 9.17) is 25.5 Å². The van der Waals surface area contributed by atoms with Crippen LogP contribution in [0.1, 0.15) is 34.2 Å². The highest BCUT2D eigenvalue weighted by Gasteiger charge is 2.31. The maximum absolute atomic E-state index is 11.7. The van der Waals surface area contributed by atoms with Gasteiger partial charge in [-0.25, -0.2) is 9.78 Å². The van der Waals surface area contributed by atoms with Crippen LogP contribution in [0.3, 0.4) is 0 Å².